The first-order valence-electron chi connectivity index (χ1n) is 4.61. The summed E-state index contributed by atoms with van der Waals surface area (Å²) in [6.07, 6.45) is 0.860. The Morgan fingerprint density at radius 2 is 2.27 bits per heavy atom. The highest BCUT2D eigenvalue weighted by molar-refractivity contribution is 7.13. The van der Waals surface area contributed by atoms with Gasteiger partial charge in [-0.2, -0.15) is 0 Å². The second-order valence-corrected chi connectivity index (χ2v) is 4.36. The quantitative estimate of drug-likeness (QED) is 0.769. The van der Waals surface area contributed by atoms with Crippen molar-refractivity contribution in [3.8, 4) is 10.6 Å². The summed E-state index contributed by atoms with van der Waals surface area (Å²) in [4.78, 5) is 4.32. The third-order valence-electron chi connectivity index (χ3n) is 2.10. The smallest absolute Gasteiger partial charge is 0.152 e. The predicted octanol–water partition coefficient (Wildman–Crippen LogP) is 4.17. The highest BCUT2D eigenvalue weighted by atomic mass is 35.5. The van der Waals surface area contributed by atoms with E-state index in [1.807, 2.05) is 12.3 Å². The van der Waals surface area contributed by atoms with E-state index in [0.29, 0.717) is 10.6 Å². The standard InChI is InChI=1S/C11H9ClFNS/c1-2-7-6-15-11(14-7)8-4-3-5-9(12)10(8)13/h3-6H,2H2,1H3. The van der Waals surface area contributed by atoms with Gasteiger partial charge >= 0.3 is 0 Å². The molecule has 0 bridgehead atoms. The van der Waals surface area contributed by atoms with Gasteiger partial charge in [-0.15, -0.1) is 11.3 Å². The molecular formula is C11H9ClFNS. The molecule has 2 aromatic rings. The number of halogens is 2. The van der Waals surface area contributed by atoms with Crippen molar-refractivity contribution in [2.24, 2.45) is 0 Å². The van der Waals surface area contributed by atoms with Crippen LogP contribution in [0.5, 0.6) is 0 Å². The second-order valence-electron chi connectivity index (χ2n) is 3.10. The molecule has 0 radical (unpaired) electrons. The van der Waals surface area contributed by atoms with Crippen molar-refractivity contribution >= 4 is 22.9 Å². The second kappa shape index (κ2) is 4.29. The fraction of sp³-hybridized carbons (Fsp3) is 0.182. The largest absolute Gasteiger partial charge is 0.241 e. The molecule has 0 unspecified atom stereocenters. The number of aryl methyl sites for hydroxylation is 1. The van der Waals surface area contributed by atoms with Crippen molar-refractivity contribution in [3.63, 3.8) is 0 Å². The van der Waals surface area contributed by atoms with Crippen LogP contribution in [0.25, 0.3) is 10.6 Å². The maximum atomic E-state index is 13.6. The maximum absolute atomic E-state index is 13.6. The van der Waals surface area contributed by atoms with Gasteiger partial charge in [-0.25, -0.2) is 9.37 Å². The SMILES string of the molecule is CCc1csc(-c2cccc(Cl)c2F)n1. The van der Waals surface area contributed by atoms with Crippen LogP contribution in [-0.2, 0) is 6.42 Å². The molecule has 2 rings (SSSR count). The lowest BCUT2D eigenvalue weighted by atomic mass is 10.2. The molecule has 1 aromatic heterocycles. The summed E-state index contributed by atoms with van der Waals surface area (Å²) >= 11 is 7.15. The summed E-state index contributed by atoms with van der Waals surface area (Å²) < 4.78 is 13.6. The van der Waals surface area contributed by atoms with Crippen LogP contribution in [0, 0.1) is 5.82 Å². The lowest BCUT2D eigenvalue weighted by molar-refractivity contribution is 0.631. The number of thiazole rings is 1. The van der Waals surface area contributed by atoms with Crippen molar-refractivity contribution in [2.45, 2.75) is 13.3 Å². The molecule has 78 valence electrons. The third kappa shape index (κ3) is 2.03. The molecule has 0 spiro atoms. The van der Waals surface area contributed by atoms with E-state index in [-0.39, 0.29) is 5.02 Å². The molecule has 0 fully saturated rings. The van der Waals surface area contributed by atoms with Gasteiger partial charge in [-0.1, -0.05) is 24.6 Å². The van der Waals surface area contributed by atoms with E-state index >= 15 is 0 Å². The Labute approximate surface area is 96.5 Å². The van der Waals surface area contributed by atoms with E-state index in [1.165, 1.54) is 17.4 Å². The highest BCUT2D eigenvalue weighted by Gasteiger charge is 2.11. The van der Waals surface area contributed by atoms with Gasteiger partial charge in [0, 0.05) is 10.9 Å². The molecule has 0 aliphatic heterocycles. The zero-order chi connectivity index (χ0) is 10.8. The Kier molecular flexibility index (Phi) is 3.03. The van der Waals surface area contributed by atoms with E-state index in [0.717, 1.165) is 12.1 Å². The molecule has 1 aromatic carbocycles. The van der Waals surface area contributed by atoms with Crippen LogP contribution in [0.2, 0.25) is 5.02 Å². The number of rotatable bonds is 2. The molecule has 0 saturated heterocycles. The van der Waals surface area contributed by atoms with Crippen molar-refractivity contribution in [1.82, 2.24) is 4.98 Å². The minimum Gasteiger partial charge on any atom is -0.241 e. The number of hydrogen-bond acceptors (Lipinski definition) is 2. The molecule has 0 amide bonds. The minimum absolute atomic E-state index is 0.140. The Hall–Kier alpha value is -0.930. The summed E-state index contributed by atoms with van der Waals surface area (Å²) in [6, 6.07) is 4.96. The van der Waals surface area contributed by atoms with Crippen LogP contribution in [0.1, 0.15) is 12.6 Å². The summed E-state index contributed by atoms with van der Waals surface area (Å²) in [6.45, 7) is 2.02. The Morgan fingerprint density at radius 1 is 1.47 bits per heavy atom. The molecule has 4 heteroatoms. The van der Waals surface area contributed by atoms with Crippen molar-refractivity contribution in [1.29, 1.82) is 0 Å². The summed E-state index contributed by atoms with van der Waals surface area (Å²) in [5, 5.41) is 2.77. The summed E-state index contributed by atoms with van der Waals surface area (Å²) in [7, 11) is 0. The van der Waals surface area contributed by atoms with Crippen LogP contribution in [-0.4, -0.2) is 4.98 Å². The fourth-order valence-electron chi connectivity index (χ4n) is 1.26. The molecule has 0 N–H and O–H groups in total. The monoisotopic (exact) mass is 241 g/mol. The van der Waals surface area contributed by atoms with Crippen LogP contribution >= 0.6 is 22.9 Å². The summed E-state index contributed by atoms with van der Waals surface area (Å²) in [5.41, 5.74) is 1.46. The van der Waals surface area contributed by atoms with Crippen molar-refractivity contribution < 1.29 is 4.39 Å². The molecule has 1 heterocycles. The first-order valence-corrected chi connectivity index (χ1v) is 5.87. The molecule has 0 saturated carbocycles. The van der Waals surface area contributed by atoms with Crippen LogP contribution in [0.4, 0.5) is 4.39 Å². The third-order valence-corrected chi connectivity index (χ3v) is 3.31. The van der Waals surface area contributed by atoms with Crippen LogP contribution in [0.15, 0.2) is 23.6 Å². The number of hydrogen-bond donors (Lipinski definition) is 0. The minimum atomic E-state index is -0.392. The van der Waals surface area contributed by atoms with Gasteiger partial charge in [-0.05, 0) is 18.6 Å². The normalized spacial score (nSPS) is 10.6. The fourth-order valence-corrected chi connectivity index (χ4v) is 2.36. The maximum Gasteiger partial charge on any atom is 0.152 e. The number of benzene rings is 1. The van der Waals surface area contributed by atoms with E-state index in [2.05, 4.69) is 4.98 Å². The predicted molar refractivity (Wildman–Crippen MR) is 61.9 cm³/mol. The van der Waals surface area contributed by atoms with Gasteiger partial charge in [0.2, 0.25) is 0 Å². The van der Waals surface area contributed by atoms with Gasteiger partial charge in [0.1, 0.15) is 5.01 Å². The van der Waals surface area contributed by atoms with E-state index in [4.69, 9.17) is 11.6 Å². The first kappa shape index (κ1) is 10.6. The lowest BCUT2D eigenvalue weighted by Gasteiger charge is -1.99. The van der Waals surface area contributed by atoms with Crippen molar-refractivity contribution in [3.05, 3.63) is 40.1 Å². The van der Waals surface area contributed by atoms with Crippen molar-refractivity contribution in [2.75, 3.05) is 0 Å². The molecule has 1 nitrogen and oxygen atoms in total. The topological polar surface area (TPSA) is 12.9 Å². The Morgan fingerprint density at radius 3 is 2.93 bits per heavy atom. The molecule has 0 aliphatic rings. The first-order chi connectivity index (χ1) is 7.22. The van der Waals surface area contributed by atoms with E-state index in [1.54, 1.807) is 12.1 Å². The van der Waals surface area contributed by atoms with Gasteiger partial charge in [0.05, 0.1) is 10.7 Å². The summed E-state index contributed by atoms with van der Waals surface area (Å²) in [5.74, 6) is -0.392. The van der Waals surface area contributed by atoms with Crippen LogP contribution < -0.4 is 0 Å². The number of nitrogens with zero attached hydrogens (tertiary/aromatic N) is 1. The Balaban J connectivity index is 2.49. The highest BCUT2D eigenvalue weighted by Crippen LogP contribution is 2.29. The van der Waals surface area contributed by atoms with E-state index < -0.39 is 5.82 Å². The van der Waals surface area contributed by atoms with Gasteiger partial charge < -0.3 is 0 Å². The Bertz CT molecular complexity index is 481. The molecule has 0 atom stereocenters. The number of aromatic nitrogens is 1. The molecule has 0 aliphatic carbocycles. The molecule has 15 heavy (non-hydrogen) atoms. The van der Waals surface area contributed by atoms with E-state index in [9.17, 15) is 4.39 Å². The average Bonchev–Trinajstić information content (AvgIpc) is 2.70. The van der Waals surface area contributed by atoms with Gasteiger partial charge in [0.25, 0.3) is 0 Å². The van der Waals surface area contributed by atoms with Gasteiger partial charge in [-0.3, -0.25) is 0 Å². The zero-order valence-electron chi connectivity index (χ0n) is 8.13. The van der Waals surface area contributed by atoms with Gasteiger partial charge in [0.15, 0.2) is 5.82 Å². The average molecular weight is 242 g/mol. The van der Waals surface area contributed by atoms with Crippen LogP contribution in [0.3, 0.4) is 0 Å². The lowest BCUT2D eigenvalue weighted by Crippen LogP contribution is -1.85. The zero-order valence-corrected chi connectivity index (χ0v) is 9.70. The molecular weight excluding hydrogens is 233 g/mol.